The second kappa shape index (κ2) is 9.90. The van der Waals surface area contributed by atoms with Crippen LogP contribution in [0.5, 0.6) is 5.75 Å². The van der Waals surface area contributed by atoms with Gasteiger partial charge >= 0.3 is 0 Å². The van der Waals surface area contributed by atoms with Crippen molar-refractivity contribution < 1.29 is 19.1 Å². The first-order chi connectivity index (χ1) is 15.0. The molecule has 2 heterocycles. The summed E-state index contributed by atoms with van der Waals surface area (Å²) in [6.07, 6.45) is 1.59. The number of carbonyl (C=O) groups is 2. The maximum Gasteiger partial charge on any atom is 0.258 e. The summed E-state index contributed by atoms with van der Waals surface area (Å²) in [7, 11) is 0. The number of halogens is 2. The number of nitrogens with one attached hydrogen (secondary N) is 1. The van der Waals surface area contributed by atoms with Crippen LogP contribution in [0.3, 0.4) is 0 Å². The van der Waals surface area contributed by atoms with Crippen LogP contribution < -0.4 is 10.1 Å². The Kier molecular flexibility index (Phi) is 7.00. The van der Waals surface area contributed by atoms with E-state index in [9.17, 15) is 9.59 Å². The van der Waals surface area contributed by atoms with E-state index < -0.39 is 6.10 Å². The van der Waals surface area contributed by atoms with Gasteiger partial charge in [0.25, 0.3) is 11.8 Å². The van der Waals surface area contributed by atoms with Gasteiger partial charge in [0.05, 0.1) is 12.6 Å². The maximum absolute atomic E-state index is 12.9. The summed E-state index contributed by atoms with van der Waals surface area (Å²) in [6, 6.07) is 12.5. The Morgan fingerprint density at radius 2 is 1.84 bits per heavy atom. The lowest BCUT2D eigenvalue weighted by molar-refractivity contribution is -0.148. The predicted molar refractivity (Wildman–Crippen MR) is 118 cm³/mol. The van der Waals surface area contributed by atoms with Crippen molar-refractivity contribution in [3.8, 4) is 5.75 Å². The van der Waals surface area contributed by atoms with E-state index in [0.29, 0.717) is 48.3 Å². The number of hydrogen-bond donors (Lipinski definition) is 1. The number of amides is 2. The lowest BCUT2D eigenvalue weighted by Crippen LogP contribution is -2.49. The fourth-order valence-electron chi connectivity index (χ4n) is 3.93. The van der Waals surface area contributed by atoms with Gasteiger partial charge < -0.3 is 19.7 Å². The lowest BCUT2D eigenvalue weighted by Gasteiger charge is -2.35. The zero-order valence-electron chi connectivity index (χ0n) is 17.0. The van der Waals surface area contributed by atoms with E-state index in [1.165, 1.54) is 5.56 Å². The number of nitrogens with zero attached hydrogens (tertiary/aromatic N) is 1. The molecule has 2 amide bonds. The van der Waals surface area contributed by atoms with Gasteiger partial charge in [-0.2, -0.15) is 0 Å². The highest BCUT2D eigenvalue weighted by Gasteiger charge is 2.32. The number of fused-ring (bicyclic) bond motifs is 1. The smallest absolute Gasteiger partial charge is 0.258 e. The number of rotatable bonds is 5. The minimum Gasteiger partial charge on any atom is -0.484 e. The van der Waals surface area contributed by atoms with Crippen molar-refractivity contribution in [3.05, 3.63) is 63.6 Å². The van der Waals surface area contributed by atoms with E-state index in [1.54, 1.807) is 24.3 Å². The molecule has 31 heavy (non-hydrogen) atoms. The summed E-state index contributed by atoms with van der Waals surface area (Å²) in [6.45, 7) is 1.45. The fraction of sp³-hybridized carbons (Fsp3) is 0.391. The SMILES string of the molecule is O=C(COc1ccc(Cl)cc1)N[C@@H]1CC[C@@H](C(=O)N2CCc3ccc(Cl)cc3C2)OC1. The Bertz CT molecular complexity index is 943. The van der Waals surface area contributed by atoms with Gasteiger partial charge in [-0.3, -0.25) is 9.59 Å². The quantitative estimate of drug-likeness (QED) is 0.736. The highest BCUT2D eigenvalue weighted by atomic mass is 35.5. The Balaban J connectivity index is 1.21. The van der Waals surface area contributed by atoms with Crippen molar-refractivity contribution in [1.82, 2.24) is 10.2 Å². The van der Waals surface area contributed by atoms with Crippen LogP contribution in [0.2, 0.25) is 10.0 Å². The van der Waals surface area contributed by atoms with Crippen molar-refractivity contribution in [2.45, 2.75) is 38.0 Å². The van der Waals surface area contributed by atoms with Crippen LogP contribution in [0.25, 0.3) is 0 Å². The van der Waals surface area contributed by atoms with Crippen molar-refractivity contribution in [2.75, 3.05) is 19.8 Å². The van der Waals surface area contributed by atoms with Gasteiger partial charge in [0.2, 0.25) is 0 Å². The largest absolute Gasteiger partial charge is 0.484 e. The first-order valence-corrected chi connectivity index (χ1v) is 11.1. The van der Waals surface area contributed by atoms with Gasteiger partial charge in [0, 0.05) is 23.1 Å². The molecule has 0 radical (unpaired) electrons. The predicted octanol–water partition coefficient (Wildman–Crippen LogP) is 3.62. The second-order valence-corrected chi connectivity index (χ2v) is 8.70. The van der Waals surface area contributed by atoms with Gasteiger partial charge in [-0.15, -0.1) is 0 Å². The minimum atomic E-state index is -0.473. The number of carbonyl (C=O) groups excluding carboxylic acids is 2. The van der Waals surface area contributed by atoms with Gasteiger partial charge in [0.1, 0.15) is 11.9 Å². The molecular formula is C23H24Cl2N2O4. The maximum atomic E-state index is 12.9. The summed E-state index contributed by atoms with van der Waals surface area (Å²) in [5.41, 5.74) is 2.33. The van der Waals surface area contributed by atoms with E-state index >= 15 is 0 Å². The Labute approximate surface area is 191 Å². The summed E-state index contributed by atoms with van der Waals surface area (Å²) in [5.74, 6) is 0.355. The summed E-state index contributed by atoms with van der Waals surface area (Å²) < 4.78 is 11.3. The van der Waals surface area contributed by atoms with Crippen LogP contribution in [0.1, 0.15) is 24.0 Å². The van der Waals surface area contributed by atoms with Crippen molar-refractivity contribution >= 4 is 35.0 Å². The molecule has 0 bridgehead atoms. The first kappa shape index (κ1) is 21.9. The van der Waals surface area contributed by atoms with Crippen LogP contribution in [0, 0.1) is 0 Å². The van der Waals surface area contributed by atoms with E-state index in [-0.39, 0.29) is 24.5 Å². The molecule has 2 aliphatic heterocycles. The molecule has 2 aliphatic rings. The van der Waals surface area contributed by atoms with Crippen LogP contribution >= 0.6 is 23.2 Å². The highest BCUT2D eigenvalue weighted by molar-refractivity contribution is 6.30. The molecule has 2 atom stereocenters. The molecule has 1 saturated heterocycles. The molecule has 1 fully saturated rings. The Morgan fingerprint density at radius 1 is 1.06 bits per heavy atom. The van der Waals surface area contributed by atoms with Crippen molar-refractivity contribution in [3.63, 3.8) is 0 Å². The van der Waals surface area contributed by atoms with Crippen LogP contribution in [-0.2, 0) is 27.3 Å². The highest BCUT2D eigenvalue weighted by Crippen LogP contribution is 2.25. The first-order valence-electron chi connectivity index (χ1n) is 10.3. The molecule has 4 rings (SSSR count). The van der Waals surface area contributed by atoms with Crippen LogP contribution in [-0.4, -0.2) is 48.6 Å². The standard InChI is InChI=1S/C23H24Cl2N2O4/c24-17-3-6-20(7-4-17)30-14-22(28)26-19-5-8-21(31-13-19)23(29)27-10-9-15-1-2-18(25)11-16(15)12-27/h1-4,6-7,11,19,21H,5,8-10,12-14H2,(H,26,28)/t19-,21+/m1/s1. The molecule has 1 N–H and O–H groups in total. The van der Waals surface area contributed by atoms with Gasteiger partial charge in [-0.1, -0.05) is 29.3 Å². The zero-order chi connectivity index (χ0) is 21.8. The third-order valence-corrected chi connectivity index (χ3v) is 6.08. The number of benzene rings is 2. The number of ether oxygens (including phenoxy) is 2. The fourth-order valence-corrected chi connectivity index (χ4v) is 4.25. The van der Waals surface area contributed by atoms with Gasteiger partial charge in [-0.25, -0.2) is 0 Å². The van der Waals surface area contributed by atoms with Gasteiger partial charge in [0.15, 0.2) is 6.61 Å². The van der Waals surface area contributed by atoms with Crippen LogP contribution in [0.15, 0.2) is 42.5 Å². The molecular weight excluding hydrogens is 439 g/mol. The average Bonchev–Trinajstić information content (AvgIpc) is 2.78. The lowest BCUT2D eigenvalue weighted by atomic mass is 9.98. The third kappa shape index (κ3) is 5.70. The summed E-state index contributed by atoms with van der Waals surface area (Å²) in [4.78, 5) is 26.9. The molecule has 2 aromatic carbocycles. The van der Waals surface area contributed by atoms with Crippen LogP contribution in [0.4, 0.5) is 0 Å². The van der Waals surface area contributed by atoms with Crippen molar-refractivity contribution in [1.29, 1.82) is 0 Å². The van der Waals surface area contributed by atoms with Gasteiger partial charge in [-0.05, 0) is 66.8 Å². The molecule has 8 heteroatoms. The molecule has 6 nitrogen and oxygen atoms in total. The summed E-state index contributed by atoms with van der Waals surface area (Å²) in [5, 5.41) is 4.19. The molecule has 0 spiro atoms. The topological polar surface area (TPSA) is 67.9 Å². The molecule has 0 unspecified atom stereocenters. The molecule has 0 saturated carbocycles. The number of hydrogen-bond acceptors (Lipinski definition) is 4. The van der Waals surface area contributed by atoms with E-state index in [4.69, 9.17) is 32.7 Å². The molecule has 0 aliphatic carbocycles. The monoisotopic (exact) mass is 462 g/mol. The third-order valence-electron chi connectivity index (χ3n) is 5.59. The molecule has 0 aromatic heterocycles. The molecule has 164 valence electrons. The van der Waals surface area contributed by atoms with E-state index in [2.05, 4.69) is 5.32 Å². The minimum absolute atomic E-state index is 0.00136. The van der Waals surface area contributed by atoms with Crippen molar-refractivity contribution in [2.24, 2.45) is 0 Å². The van der Waals surface area contributed by atoms with E-state index in [0.717, 1.165) is 12.0 Å². The Hall–Kier alpha value is -2.28. The summed E-state index contributed by atoms with van der Waals surface area (Å²) >= 11 is 11.9. The molecule has 2 aromatic rings. The second-order valence-electron chi connectivity index (χ2n) is 7.83. The average molecular weight is 463 g/mol. The normalized spacial score (nSPS) is 20.6. The zero-order valence-corrected chi connectivity index (χ0v) is 18.5. The van der Waals surface area contributed by atoms with E-state index in [1.807, 2.05) is 23.1 Å². The Morgan fingerprint density at radius 3 is 2.58 bits per heavy atom.